The van der Waals surface area contributed by atoms with Crippen LogP contribution in [0.15, 0.2) is 0 Å². The van der Waals surface area contributed by atoms with E-state index in [0.29, 0.717) is 6.42 Å². The molecule has 6 nitrogen and oxygen atoms in total. The van der Waals surface area contributed by atoms with E-state index >= 15 is 0 Å². The van der Waals surface area contributed by atoms with Crippen LogP contribution in [0.4, 0.5) is 0 Å². The number of carbonyl (C=O) groups is 2. The van der Waals surface area contributed by atoms with E-state index in [9.17, 15) is 9.59 Å². The molecule has 0 aliphatic carbocycles. The molecule has 1 atom stereocenters. The van der Waals surface area contributed by atoms with Crippen LogP contribution in [0.1, 0.15) is 13.3 Å². The molecular formula is C7H14N2O4. The predicted octanol–water partition coefficient (Wildman–Crippen LogP) is -0.848. The fourth-order valence-electron chi connectivity index (χ4n) is 0.896. The summed E-state index contributed by atoms with van der Waals surface area (Å²) in [6.07, 6.45) is -0.00667. The first-order valence-electron chi connectivity index (χ1n) is 3.90. The van der Waals surface area contributed by atoms with Crippen molar-refractivity contribution < 1.29 is 19.8 Å². The lowest BCUT2D eigenvalue weighted by Gasteiger charge is -2.24. The molecule has 0 bridgehead atoms. The lowest BCUT2D eigenvalue weighted by atomic mass is 10.3. The Bertz CT molecular complexity index is 179. The SMILES string of the molecule is CCC(N)N(CC(=O)O)CC(=O)O. The summed E-state index contributed by atoms with van der Waals surface area (Å²) in [5, 5.41) is 16.9. The largest absolute Gasteiger partial charge is 0.480 e. The lowest BCUT2D eigenvalue weighted by molar-refractivity contribution is -0.142. The number of nitrogens with zero attached hydrogens (tertiary/aromatic N) is 1. The van der Waals surface area contributed by atoms with Crippen LogP contribution in [0.25, 0.3) is 0 Å². The third-order valence-electron chi connectivity index (χ3n) is 1.56. The van der Waals surface area contributed by atoms with Crippen molar-refractivity contribution in [3.05, 3.63) is 0 Å². The minimum atomic E-state index is -1.08. The molecule has 0 aromatic carbocycles. The summed E-state index contributed by atoms with van der Waals surface area (Å²) in [6.45, 7) is 1.07. The van der Waals surface area contributed by atoms with Crippen LogP contribution in [-0.2, 0) is 9.59 Å². The van der Waals surface area contributed by atoms with Crippen molar-refractivity contribution in [1.29, 1.82) is 0 Å². The molecule has 0 saturated carbocycles. The summed E-state index contributed by atoms with van der Waals surface area (Å²) in [5.74, 6) is -2.16. The van der Waals surface area contributed by atoms with E-state index in [1.165, 1.54) is 4.90 Å². The molecule has 0 amide bonds. The Morgan fingerprint density at radius 1 is 1.31 bits per heavy atom. The van der Waals surface area contributed by atoms with Crippen molar-refractivity contribution in [1.82, 2.24) is 4.90 Å². The van der Waals surface area contributed by atoms with Gasteiger partial charge in [0.1, 0.15) is 0 Å². The van der Waals surface area contributed by atoms with E-state index in [1.807, 2.05) is 0 Å². The van der Waals surface area contributed by atoms with E-state index in [-0.39, 0.29) is 13.1 Å². The van der Waals surface area contributed by atoms with Gasteiger partial charge in [-0.1, -0.05) is 6.92 Å². The van der Waals surface area contributed by atoms with Gasteiger partial charge in [-0.15, -0.1) is 0 Å². The monoisotopic (exact) mass is 190 g/mol. The average molecular weight is 190 g/mol. The van der Waals surface area contributed by atoms with E-state index in [0.717, 1.165) is 0 Å². The number of carboxylic acids is 2. The molecule has 0 aliphatic rings. The summed E-state index contributed by atoms with van der Waals surface area (Å²) in [5.41, 5.74) is 5.51. The van der Waals surface area contributed by atoms with E-state index in [1.54, 1.807) is 6.92 Å². The fourth-order valence-corrected chi connectivity index (χ4v) is 0.896. The maximum atomic E-state index is 10.3. The number of hydrogen-bond donors (Lipinski definition) is 3. The Morgan fingerprint density at radius 2 is 1.69 bits per heavy atom. The quantitative estimate of drug-likeness (QED) is 0.471. The van der Waals surface area contributed by atoms with Gasteiger partial charge in [0.2, 0.25) is 0 Å². The average Bonchev–Trinajstić information content (AvgIpc) is 2.00. The first-order chi connectivity index (χ1) is 5.97. The number of carboxylic acid groups (broad SMARTS) is 2. The van der Waals surface area contributed by atoms with Crippen LogP contribution >= 0.6 is 0 Å². The van der Waals surface area contributed by atoms with Gasteiger partial charge in [0.25, 0.3) is 0 Å². The van der Waals surface area contributed by atoms with Crippen LogP contribution in [-0.4, -0.2) is 46.3 Å². The second kappa shape index (κ2) is 5.50. The molecule has 0 rings (SSSR count). The summed E-state index contributed by atoms with van der Waals surface area (Å²) >= 11 is 0. The molecule has 0 aromatic heterocycles. The smallest absolute Gasteiger partial charge is 0.317 e. The Labute approximate surface area is 75.9 Å². The third kappa shape index (κ3) is 5.15. The number of hydrogen-bond acceptors (Lipinski definition) is 4. The lowest BCUT2D eigenvalue weighted by Crippen LogP contribution is -2.46. The Hall–Kier alpha value is -1.14. The van der Waals surface area contributed by atoms with Crippen molar-refractivity contribution >= 4 is 11.9 Å². The highest BCUT2D eigenvalue weighted by atomic mass is 16.4. The molecule has 0 spiro atoms. The van der Waals surface area contributed by atoms with Gasteiger partial charge >= 0.3 is 11.9 Å². The van der Waals surface area contributed by atoms with Crippen LogP contribution in [0.2, 0.25) is 0 Å². The van der Waals surface area contributed by atoms with Gasteiger partial charge < -0.3 is 15.9 Å². The normalized spacial score (nSPS) is 12.8. The van der Waals surface area contributed by atoms with Crippen molar-refractivity contribution in [3.8, 4) is 0 Å². The molecule has 4 N–H and O–H groups in total. The van der Waals surface area contributed by atoms with Gasteiger partial charge in [0.15, 0.2) is 0 Å². The fraction of sp³-hybridized carbons (Fsp3) is 0.714. The minimum Gasteiger partial charge on any atom is -0.480 e. The zero-order chi connectivity index (χ0) is 10.4. The van der Waals surface area contributed by atoms with Gasteiger partial charge in [-0.2, -0.15) is 0 Å². The maximum absolute atomic E-state index is 10.3. The van der Waals surface area contributed by atoms with E-state index in [4.69, 9.17) is 15.9 Å². The second-order valence-electron chi connectivity index (χ2n) is 2.67. The van der Waals surface area contributed by atoms with Crippen molar-refractivity contribution in [2.75, 3.05) is 13.1 Å². The molecule has 0 heterocycles. The van der Waals surface area contributed by atoms with Gasteiger partial charge in [-0.3, -0.25) is 14.5 Å². The Balaban J connectivity index is 4.17. The zero-order valence-electron chi connectivity index (χ0n) is 7.43. The molecule has 76 valence electrons. The summed E-state index contributed by atoms with van der Waals surface area (Å²) < 4.78 is 0. The van der Waals surface area contributed by atoms with E-state index < -0.39 is 18.1 Å². The highest BCUT2D eigenvalue weighted by Crippen LogP contribution is 1.97. The van der Waals surface area contributed by atoms with Crippen LogP contribution in [0, 0.1) is 0 Å². The van der Waals surface area contributed by atoms with Gasteiger partial charge in [-0.05, 0) is 6.42 Å². The maximum Gasteiger partial charge on any atom is 0.317 e. The molecule has 0 saturated heterocycles. The first kappa shape index (κ1) is 11.9. The predicted molar refractivity (Wildman–Crippen MR) is 45.1 cm³/mol. The number of aliphatic carboxylic acids is 2. The highest BCUT2D eigenvalue weighted by Gasteiger charge is 2.18. The molecule has 13 heavy (non-hydrogen) atoms. The molecular weight excluding hydrogens is 176 g/mol. The van der Waals surface area contributed by atoms with Gasteiger partial charge in [-0.25, -0.2) is 0 Å². The summed E-state index contributed by atoms with van der Waals surface area (Å²) in [4.78, 5) is 21.8. The minimum absolute atomic E-state index is 0.346. The molecule has 6 heteroatoms. The second-order valence-corrected chi connectivity index (χ2v) is 2.67. The van der Waals surface area contributed by atoms with Crippen LogP contribution < -0.4 is 5.73 Å². The topological polar surface area (TPSA) is 104 Å². The molecule has 0 aromatic rings. The van der Waals surface area contributed by atoms with Crippen molar-refractivity contribution in [3.63, 3.8) is 0 Å². The molecule has 0 aliphatic heterocycles. The van der Waals surface area contributed by atoms with Crippen molar-refractivity contribution in [2.24, 2.45) is 5.73 Å². The number of rotatable bonds is 6. The van der Waals surface area contributed by atoms with Crippen LogP contribution in [0.3, 0.4) is 0 Å². The number of nitrogens with two attached hydrogens (primary N) is 1. The molecule has 0 radical (unpaired) electrons. The third-order valence-corrected chi connectivity index (χ3v) is 1.56. The molecule has 1 unspecified atom stereocenters. The van der Waals surface area contributed by atoms with Gasteiger partial charge in [0.05, 0.1) is 19.3 Å². The summed E-state index contributed by atoms with van der Waals surface area (Å²) in [7, 11) is 0. The first-order valence-corrected chi connectivity index (χ1v) is 3.90. The summed E-state index contributed by atoms with van der Waals surface area (Å²) in [6, 6.07) is 0. The van der Waals surface area contributed by atoms with Crippen molar-refractivity contribution in [2.45, 2.75) is 19.5 Å². The van der Waals surface area contributed by atoms with Crippen LogP contribution in [0.5, 0.6) is 0 Å². The standard InChI is InChI=1S/C7H14N2O4/c1-2-5(8)9(3-6(10)11)4-7(12)13/h5H,2-4,8H2,1H3,(H,10,11)(H,12,13). The Morgan fingerprint density at radius 3 is 1.92 bits per heavy atom. The highest BCUT2D eigenvalue weighted by molar-refractivity contribution is 5.72. The van der Waals surface area contributed by atoms with E-state index in [2.05, 4.69) is 0 Å². The van der Waals surface area contributed by atoms with Gasteiger partial charge in [0, 0.05) is 0 Å². The zero-order valence-corrected chi connectivity index (χ0v) is 7.43. The molecule has 0 fully saturated rings. The Kier molecular flexibility index (Phi) is 5.01.